The summed E-state index contributed by atoms with van der Waals surface area (Å²) in [7, 11) is 1.58. The average Bonchev–Trinajstić information content (AvgIpc) is 2.84. The molecule has 7 heteroatoms. The van der Waals surface area contributed by atoms with Crippen molar-refractivity contribution in [2.75, 3.05) is 7.11 Å². The van der Waals surface area contributed by atoms with Crippen LogP contribution in [0.3, 0.4) is 0 Å². The summed E-state index contributed by atoms with van der Waals surface area (Å²) in [4.78, 5) is 21.1. The Bertz CT molecular complexity index is 893. The Morgan fingerprint density at radius 3 is 2.90 bits per heavy atom. The Morgan fingerprint density at radius 1 is 1.38 bits per heavy atom. The van der Waals surface area contributed by atoms with Crippen molar-refractivity contribution in [3.05, 3.63) is 44.5 Å². The predicted octanol–water partition coefficient (Wildman–Crippen LogP) is 2.40. The highest BCUT2D eigenvalue weighted by atomic mass is 32.1. The molecule has 0 saturated heterocycles. The van der Waals surface area contributed by atoms with Crippen LogP contribution in [0.2, 0.25) is 0 Å². The molecule has 0 spiro atoms. The molecule has 3 rings (SSSR count). The molecule has 6 nitrogen and oxygen atoms in total. The van der Waals surface area contributed by atoms with Crippen LogP contribution in [0, 0.1) is 4.77 Å². The Balaban J connectivity index is 2.15. The number of methoxy groups -OCH3 is 1. The van der Waals surface area contributed by atoms with Gasteiger partial charge in [-0.2, -0.15) is 0 Å². The first kappa shape index (κ1) is 13.3. The first-order valence-electron chi connectivity index (χ1n) is 6.08. The maximum Gasteiger partial charge on any atom is 0.262 e. The summed E-state index contributed by atoms with van der Waals surface area (Å²) in [5, 5.41) is 9.83. The normalized spacial score (nSPS) is 14.4. The van der Waals surface area contributed by atoms with Crippen molar-refractivity contribution in [3.63, 3.8) is 0 Å². The van der Waals surface area contributed by atoms with Crippen molar-refractivity contribution in [2.45, 2.75) is 0 Å². The number of fused-ring (bicyclic) bond motifs is 1. The minimum atomic E-state index is -0.464. The van der Waals surface area contributed by atoms with Crippen LogP contribution >= 0.6 is 12.2 Å². The third kappa shape index (κ3) is 2.38. The SMILES string of the molecule is COc1ccc2c(c1)/C(=C/c1c(O)[nH]c(=S)[nH]c1=O)C=N2. The number of hydrogen-bond acceptors (Lipinski definition) is 5. The lowest BCUT2D eigenvalue weighted by Gasteiger charge is -2.04. The molecule has 0 saturated carbocycles. The van der Waals surface area contributed by atoms with Gasteiger partial charge >= 0.3 is 0 Å². The van der Waals surface area contributed by atoms with E-state index in [0.29, 0.717) is 11.3 Å². The van der Waals surface area contributed by atoms with Crippen molar-refractivity contribution in [2.24, 2.45) is 4.99 Å². The van der Waals surface area contributed by atoms with Gasteiger partial charge in [0.05, 0.1) is 12.8 Å². The lowest BCUT2D eigenvalue weighted by Crippen LogP contribution is -2.11. The van der Waals surface area contributed by atoms with E-state index in [9.17, 15) is 9.90 Å². The smallest absolute Gasteiger partial charge is 0.262 e. The molecule has 21 heavy (non-hydrogen) atoms. The van der Waals surface area contributed by atoms with E-state index in [-0.39, 0.29) is 16.2 Å². The van der Waals surface area contributed by atoms with Gasteiger partial charge in [0.25, 0.3) is 5.56 Å². The number of nitrogens with zero attached hydrogens (tertiary/aromatic N) is 1. The van der Waals surface area contributed by atoms with Gasteiger partial charge in [-0.05, 0) is 36.5 Å². The van der Waals surface area contributed by atoms with Gasteiger partial charge in [-0.1, -0.05) is 0 Å². The molecule has 1 aromatic heterocycles. The van der Waals surface area contributed by atoms with Crippen molar-refractivity contribution in [3.8, 4) is 11.6 Å². The summed E-state index contributed by atoms with van der Waals surface area (Å²) in [5.41, 5.74) is 1.95. The third-order valence-electron chi connectivity index (χ3n) is 3.12. The molecule has 0 aliphatic carbocycles. The number of H-pyrrole nitrogens is 2. The largest absolute Gasteiger partial charge is 0.497 e. The zero-order chi connectivity index (χ0) is 15.0. The van der Waals surface area contributed by atoms with Crippen LogP contribution in [0.5, 0.6) is 11.6 Å². The number of hydrogen-bond donors (Lipinski definition) is 3. The van der Waals surface area contributed by atoms with Crippen molar-refractivity contribution >= 4 is 35.8 Å². The molecule has 0 amide bonds. The molecule has 0 atom stereocenters. The van der Waals surface area contributed by atoms with Crippen LogP contribution in [0.1, 0.15) is 11.1 Å². The van der Waals surface area contributed by atoms with Crippen LogP contribution in [0.15, 0.2) is 28.0 Å². The van der Waals surface area contributed by atoms with E-state index in [1.54, 1.807) is 19.4 Å². The average molecular weight is 301 g/mol. The lowest BCUT2D eigenvalue weighted by atomic mass is 10.0. The molecule has 1 aliphatic heterocycles. The lowest BCUT2D eigenvalue weighted by molar-refractivity contribution is 0.415. The highest BCUT2D eigenvalue weighted by Crippen LogP contribution is 2.35. The van der Waals surface area contributed by atoms with Gasteiger partial charge < -0.3 is 14.8 Å². The van der Waals surface area contributed by atoms with Gasteiger partial charge in [0.2, 0.25) is 5.88 Å². The van der Waals surface area contributed by atoms with Crippen LogP contribution in [-0.4, -0.2) is 28.4 Å². The van der Waals surface area contributed by atoms with Crippen LogP contribution in [-0.2, 0) is 0 Å². The van der Waals surface area contributed by atoms with Crippen LogP contribution in [0.4, 0.5) is 5.69 Å². The minimum Gasteiger partial charge on any atom is -0.497 e. The number of ether oxygens (including phenoxy) is 1. The monoisotopic (exact) mass is 301 g/mol. The van der Waals surface area contributed by atoms with E-state index in [4.69, 9.17) is 17.0 Å². The number of aromatic nitrogens is 2. The molecule has 0 bridgehead atoms. The van der Waals surface area contributed by atoms with Crippen LogP contribution < -0.4 is 10.3 Å². The Labute approximate surface area is 124 Å². The number of benzene rings is 1. The topological polar surface area (TPSA) is 90.5 Å². The fourth-order valence-corrected chi connectivity index (χ4v) is 2.27. The maximum atomic E-state index is 11.9. The van der Waals surface area contributed by atoms with Crippen molar-refractivity contribution < 1.29 is 9.84 Å². The zero-order valence-corrected chi connectivity index (χ0v) is 11.8. The quantitative estimate of drug-likeness (QED) is 0.743. The van der Waals surface area contributed by atoms with Gasteiger partial charge in [-0.25, -0.2) is 0 Å². The second-order valence-corrected chi connectivity index (χ2v) is 4.82. The van der Waals surface area contributed by atoms with Gasteiger partial charge in [-0.3, -0.25) is 14.8 Å². The van der Waals surface area contributed by atoms with Crippen LogP contribution in [0.25, 0.3) is 11.6 Å². The highest BCUT2D eigenvalue weighted by Gasteiger charge is 2.15. The molecule has 1 aliphatic rings. The first-order valence-corrected chi connectivity index (χ1v) is 6.49. The van der Waals surface area contributed by atoms with Gasteiger partial charge in [0.1, 0.15) is 11.3 Å². The van der Waals surface area contributed by atoms with Gasteiger partial charge in [0, 0.05) is 17.4 Å². The third-order valence-corrected chi connectivity index (χ3v) is 3.32. The molecular formula is C14H11N3O3S. The van der Waals surface area contributed by atoms with Crippen molar-refractivity contribution in [1.29, 1.82) is 0 Å². The summed E-state index contributed by atoms with van der Waals surface area (Å²) in [5.74, 6) is 0.414. The highest BCUT2D eigenvalue weighted by molar-refractivity contribution is 7.71. The second kappa shape index (κ2) is 5.02. The summed E-state index contributed by atoms with van der Waals surface area (Å²) in [6, 6.07) is 5.46. The summed E-state index contributed by atoms with van der Waals surface area (Å²) >= 11 is 4.79. The van der Waals surface area contributed by atoms with E-state index >= 15 is 0 Å². The molecule has 1 aromatic carbocycles. The summed E-state index contributed by atoms with van der Waals surface area (Å²) in [6.07, 6.45) is 3.18. The molecule has 106 valence electrons. The zero-order valence-electron chi connectivity index (χ0n) is 11.0. The number of rotatable bonds is 2. The summed E-state index contributed by atoms with van der Waals surface area (Å²) in [6.45, 7) is 0. The first-order chi connectivity index (χ1) is 10.1. The number of aromatic amines is 2. The van der Waals surface area contributed by atoms with Gasteiger partial charge in [-0.15, -0.1) is 0 Å². The fraction of sp³-hybridized carbons (Fsp3) is 0.0714. The standard InChI is InChI=1S/C14H11N3O3S/c1-20-8-2-3-11-9(5-8)7(6-15-11)4-10-12(18)16-14(21)17-13(10)19/h2-6H,1H3,(H3,16,17,18,19,21)/b7-4+. The number of aliphatic imine (C=N–C) groups is 1. The van der Waals surface area contributed by atoms with E-state index in [1.165, 1.54) is 0 Å². The Morgan fingerprint density at radius 2 is 2.19 bits per heavy atom. The van der Waals surface area contributed by atoms with E-state index in [0.717, 1.165) is 11.3 Å². The fourth-order valence-electron chi connectivity index (χ4n) is 2.08. The number of allylic oxidation sites excluding steroid dienone is 1. The molecule has 2 aromatic rings. The molecular weight excluding hydrogens is 290 g/mol. The molecule has 0 unspecified atom stereocenters. The molecule has 0 fully saturated rings. The molecule has 3 N–H and O–H groups in total. The van der Waals surface area contributed by atoms with E-state index in [2.05, 4.69) is 15.0 Å². The van der Waals surface area contributed by atoms with Crippen molar-refractivity contribution in [1.82, 2.24) is 9.97 Å². The van der Waals surface area contributed by atoms with E-state index < -0.39 is 5.56 Å². The number of nitrogens with one attached hydrogen (secondary N) is 2. The second-order valence-electron chi connectivity index (χ2n) is 4.41. The summed E-state index contributed by atoms with van der Waals surface area (Å²) < 4.78 is 5.25. The maximum absolute atomic E-state index is 11.9. The Kier molecular flexibility index (Phi) is 3.19. The van der Waals surface area contributed by atoms with E-state index in [1.807, 2.05) is 18.2 Å². The minimum absolute atomic E-state index is 0.0711. The number of aromatic hydroxyl groups is 1. The molecule has 2 heterocycles. The predicted molar refractivity (Wildman–Crippen MR) is 82.9 cm³/mol. The molecule has 0 radical (unpaired) electrons. The Hall–Kier alpha value is -2.67. The van der Waals surface area contributed by atoms with Gasteiger partial charge in [0.15, 0.2) is 4.77 Å².